The lowest BCUT2D eigenvalue weighted by atomic mass is 9.89. The number of benzene rings is 1. The minimum absolute atomic E-state index is 0.0413. The number of aromatic nitrogens is 2. The van der Waals surface area contributed by atoms with Crippen molar-refractivity contribution >= 4 is 17.5 Å². The van der Waals surface area contributed by atoms with E-state index in [1.165, 1.54) is 32.1 Å². The topological polar surface area (TPSA) is 68.2 Å². The van der Waals surface area contributed by atoms with E-state index in [4.69, 9.17) is 16.3 Å². The third kappa shape index (κ3) is 4.50. The Kier molecular flexibility index (Phi) is 6.17. The molecular formula is C21H27ClN4O2. The molecule has 6 nitrogen and oxygen atoms in total. The average molecular weight is 403 g/mol. The lowest BCUT2D eigenvalue weighted by molar-refractivity contribution is -0.121. The fourth-order valence-corrected chi connectivity index (χ4v) is 4.28. The average Bonchev–Trinajstić information content (AvgIpc) is 3.11. The maximum absolute atomic E-state index is 12.4. The summed E-state index contributed by atoms with van der Waals surface area (Å²) in [6, 6.07) is 5.52. The zero-order valence-corrected chi connectivity index (χ0v) is 16.8. The Hall–Kier alpha value is -2.05. The van der Waals surface area contributed by atoms with Crippen LogP contribution in [0.15, 0.2) is 24.4 Å². The first kappa shape index (κ1) is 19.3. The van der Waals surface area contributed by atoms with Gasteiger partial charge < -0.3 is 15.4 Å². The molecule has 4 rings (SSSR count). The molecule has 1 fully saturated rings. The summed E-state index contributed by atoms with van der Waals surface area (Å²) in [5, 5.41) is 11.5. The van der Waals surface area contributed by atoms with Crippen molar-refractivity contribution in [3.05, 3.63) is 35.0 Å². The van der Waals surface area contributed by atoms with Gasteiger partial charge in [0.05, 0.1) is 11.9 Å². The van der Waals surface area contributed by atoms with Crippen molar-refractivity contribution in [3.63, 3.8) is 0 Å². The van der Waals surface area contributed by atoms with Gasteiger partial charge >= 0.3 is 0 Å². The quantitative estimate of drug-likeness (QED) is 0.696. The number of halogens is 1. The van der Waals surface area contributed by atoms with E-state index in [2.05, 4.69) is 15.7 Å². The fraction of sp³-hybridized carbons (Fsp3) is 0.524. The second-order valence-electron chi connectivity index (χ2n) is 7.66. The van der Waals surface area contributed by atoms with Crippen LogP contribution in [0.25, 0.3) is 11.3 Å². The van der Waals surface area contributed by atoms with Crippen molar-refractivity contribution in [1.82, 2.24) is 20.4 Å². The Morgan fingerprint density at radius 1 is 1.25 bits per heavy atom. The van der Waals surface area contributed by atoms with Crippen molar-refractivity contribution in [2.75, 3.05) is 19.6 Å². The number of fused-ring (bicyclic) bond motifs is 3. The minimum Gasteiger partial charge on any atom is -0.488 e. The summed E-state index contributed by atoms with van der Waals surface area (Å²) in [5.41, 5.74) is 2.76. The van der Waals surface area contributed by atoms with Crippen molar-refractivity contribution in [3.8, 4) is 17.0 Å². The highest BCUT2D eigenvalue weighted by molar-refractivity contribution is 6.31. The molecule has 28 heavy (non-hydrogen) atoms. The van der Waals surface area contributed by atoms with Crippen LogP contribution in [-0.2, 0) is 17.9 Å². The summed E-state index contributed by atoms with van der Waals surface area (Å²) in [5.74, 6) is 1.53. The maximum Gasteiger partial charge on any atom is 0.241 e. The number of nitrogens with zero attached hydrogens (tertiary/aromatic N) is 2. The fourth-order valence-electron chi connectivity index (χ4n) is 4.11. The van der Waals surface area contributed by atoms with Gasteiger partial charge in [0.25, 0.3) is 0 Å². The van der Waals surface area contributed by atoms with Crippen LogP contribution < -0.4 is 15.4 Å². The summed E-state index contributed by atoms with van der Waals surface area (Å²) in [4.78, 5) is 12.4. The highest BCUT2D eigenvalue weighted by atomic mass is 35.5. The zero-order valence-electron chi connectivity index (χ0n) is 16.0. The zero-order chi connectivity index (χ0) is 19.3. The molecule has 1 aromatic carbocycles. The van der Waals surface area contributed by atoms with E-state index < -0.39 is 0 Å². The number of ether oxygens (including phenoxy) is 1. The third-order valence-electron chi connectivity index (χ3n) is 5.57. The van der Waals surface area contributed by atoms with Crippen molar-refractivity contribution < 1.29 is 9.53 Å². The first-order valence-corrected chi connectivity index (χ1v) is 10.5. The van der Waals surface area contributed by atoms with Gasteiger partial charge in [-0.15, -0.1) is 0 Å². The van der Waals surface area contributed by atoms with Gasteiger partial charge in [-0.25, -0.2) is 0 Å². The molecule has 150 valence electrons. The lowest BCUT2D eigenvalue weighted by Gasteiger charge is -2.21. The molecule has 0 bridgehead atoms. The van der Waals surface area contributed by atoms with E-state index in [0.717, 1.165) is 41.6 Å². The van der Waals surface area contributed by atoms with E-state index >= 15 is 0 Å². The minimum atomic E-state index is -0.0413. The normalized spacial score (nSPS) is 16.2. The number of nitrogens with one attached hydrogen (secondary N) is 2. The van der Waals surface area contributed by atoms with E-state index in [1.54, 1.807) is 16.9 Å². The van der Waals surface area contributed by atoms with Crippen LogP contribution in [0.4, 0.5) is 0 Å². The molecular weight excluding hydrogens is 376 g/mol. The van der Waals surface area contributed by atoms with Crippen LogP contribution in [0.3, 0.4) is 0 Å². The molecule has 0 saturated heterocycles. The molecule has 1 amide bonds. The van der Waals surface area contributed by atoms with Gasteiger partial charge in [-0.2, -0.15) is 5.10 Å². The molecule has 7 heteroatoms. The molecule has 1 aliphatic carbocycles. The molecule has 0 spiro atoms. The predicted octanol–water partition coefficient (Wildman–Crippen LogP) is 3.38. The van der Waals surface area contributed by atoms with Gasteiger partial charge in [0.2, 0.25) is 5.91 Å². The highest BCUT2D eigenvalue weighted by Gasteiger charge is 2.23. The monoisotopic (exact) mass is 402 g/mol. The van der Waals surface area contributed by atoms with Gasteiger partial charge in [-0.1, -0.05) is 30.9 Å². The van der Waals surface area contributed by atoms with E-state index in [9.17, 15) is 4.79 Å². The van der Waals surface area contributed by atoms with E-state index in [1.807, 2.05) is 12.1 Å². The molecule has 0 radical (unpaired) electrons. The Balaban J connectivity index is 1.28. The van der Waals surface area contributed by atoms with Gasteiger partial charge in [0.15, 0.2) is 0 Å². The molecule has 0 atom stereocenters. The first-order chi connectivity index (χ1) is 13.7. The summed E-state index contributed by atoms with van der Waals surface area (Å²) in [6.07, 6.45) is 8.52. The second kappa shape index (κ2) is 8.97. The van der Waals surface area contributed by atoms with Crippen LogP contribution in [0.2, 0.25) is 5.02 Å². The number of carbonyl (C=O) groups excluding carboxylic acids is 1. The van der Waals surface area contributed by atoms with E-state index in [0.29, 0.717) is 18.2 Å². The van der Waals surface area contributed by atoms with Gasteiger partial charge in [0, 0.05) is 29.2 Å². The van der Waals surface area contributed by atoms with Crippen molar-refractivity contribution in [2.45, 2.75) is 45.3 Å². The number of carbonyl (C=O) groups is 1. The molecule has 1 saturated carbocycles. The second-order valence-corrected chi connectivity index (χ2v) is 8.10. The Labute approximate surface area is 170 Å². The van der Waals surface area contributed by atoms with Crippen molar-refractivity contribution in [2.24, 2.45) is 5.92 Å². The van der Waals surface area contributed by atoms with Gasteiger partial charge in [-0.3, -0.25) is 9.48 Å². The summed E-state index contributed by atoms with van der Waals surface area (Å²) < 4.78 is 7.48. The Morgan fingerprint density at radius 2 is 2.11 bits per heavy atom. The Bertz CT molecular complexity index is 830. The van der Waals surface area contributed by atoms with Crippen LogP contribution in [0.5, 0.6) is 5.75 Å². The number of rotatable bonds is 7. The molecule has 1 aromatic heterocycles. The van der Waals surface area contributed by atoms with E-state index in [-0.39, 0.29) is 12.5 Å². The molecule has 1 aliphatic heterocycles. The van der Waals surface area contributed by atoms with Crippen LogP contribution in [0.1, 0.15) is 37.7 Å². The smallest absolute Gasteiger partial charge is 0.241 e. The maximum atomic E-state index is 12.4. The predicted molar refractivity (Wildman–Crippen MR) is 109 cm³/mol. The number of hydrogen-bond acceptors (Lipinski definition) is 4. The number of amides is 1. The largest absolute Gasteiger partial charge is 0.488 e. The van der Waals surface area contributed by atoms with Gasteiger partial charge in [-0.05, 0) is 43.5 Å². The molecule has 2 aliphatic rings. The molecule has 2 aromatic rings. The van der Waals surface area contributed by atoms with Crippen LogP contribution in [-0.4, -0.2) is 35.3 Å². The lowest BCUT2D eigenvalue weighted by Crippen LogP contribution is -2.36. The highest BCUT2D eigenvalue weighted by Crippen LogP contribution is 2.38. The summed E-state index contributed by atoms with van der Waals surface area (Å²) in [6.45, 7) is 3.12. The Morgan fingerprint density at radius 3 is 2.96 bits per heavy atom. The summed E-state index contributed by atoms with van der Waals surface area (Å²) in [7, 11) is 0. The van der Waals surface area contributed by atoms with Gasteiger partial charge in [0.1, 0.15) is 18.9 Å². The van der Waals surface area contributed by atoms with Crippen LogP contribution in [0, 0.1) is 5.92 Å². The SMILES string of the molecule is O=C(Cn1ncc2c1-c1cc(Cl)ccc1OC2)NCCNCC1CCCCC1. The molecule has 2 N–H and O–H groups in total. The summed E-state index contributed by atoms with van der Waals surface area (Å²) >= 11 is 6.15. The van der Waals surface area contributed by atoms with Crippen LogP contribution >= 0.6 is 11.6 Å². The molecule has 0 unspecified atom stereocenters. The first-order valence-electron chi connectivity index (χ1n) is 10.2. The number of hydrogen-bond donors (Lipinski definition) is 2. The molecule has 2 heterocycles. The van der Waals surface area contributed by atoms with Crippen molar-refractivity contribution in [1.29, 1.82) is 0 Å². The third-order valence-corrected chi connectivity index (χ3v) is 5.81. The standard InChI is InChI=1S/C21H27ClN4O2/c22-17-6-7-19-18(10-17)21-16(14-28-19)12-25-26(21)13-20(27)24-9-8-23-11-15-4-2-1-3-5-15/h6-7,10,12,15,23H,1-5,8-9,11,13-14H2,(H,24,27).